The fourth-order valence-corrected chi connectivity index (χ4v) is 2.26. The molecule has 0 amide bonds. The fraction of sp³-hybridized carbons (Fsp3) is 1.00. The number of aliphatic hydroxyl groups is 1. The smallest absolute Gasteiger partial charge is 0.0665 e. The minimum absolute atomic E-state index is 0.274. The molecule has 12 heavy (non-hydrogen) atoms. The standard InChI is InChI=1S/C10H21NO/c1-10(2)4-3-8(6-10)5-9(12)7-11/h8-9,12H,3-7,11H2,1-2H3. The summed E-state index contributed by atoms with van der Waals surface area (Å²) in [5, 5.41) is 9.36. The summed E-state index contributed by atoms with van der Waals surface area (Å²) >= 11 is 0. The van der Waals surface area contributed by atoms with Crippen molar-refractivity contribution >= 4 is 0 Å². The molecule has 2 heteroatoms. The third kappa shape index (κ3) is 2.76. The van der Waals surface area contributed by atoms with Gasteiger partial charge in [0.25, 0.3) is 0 Å². The normalized spacial score (nSPS) is 30.5. The quantitative estimate of drug-likeness (QED) is 0.676. The summed E-state index contributed by atoms with van der Waals surface area (Å²) in [6.45, 7) is 5.03. The van der Waals surface area contributed by atoms with Crippen LogP contribution in [0, 0.1) is 11.3 Å². The van der Waals surface area contributed by atoms with Crippen molar-refractivity contribution in [3.63, 3.8) is 0 Å². The molecule has 2 nitrogen and oxygen atoms in total. The largest absolute Gasteiger partial charge is 0.392 e. The molecule has 72 valence electrons. The predicted octanol–water partition coefficient (Wildman–Crippen LogP) is 1.52. The van der Waals surface area contributed by atoms with Crippen molar-refractivity contribution in [1.82, 2.24) is 0 Å². The molecule has 1 aliphatic rings. The highest BCUT2D eigenvalue weighted by atomic mass is 16.3. The molecule has 1 fully saturated rings. The number of hydrogen-bond donors (Lipinski definition) is 2. The summed E-state index contributed by atoms with van der Waals surface area (Å²) in [6.07, 6.45) is 4.45. The van der Waals surface area contributed by atoms with Crippen LogP contribution >= 0.6 is 0 Å². The van der Waals surface area contributed by atoms with Crippen molar-refractivity contribution in [2.24, 2.45) is 17.1 Å². The topological polar surface area (TPSA) is 46.2 Å². The van der Waals surface area contributed by atoms with Gasteiger partial charge in [0, 0.05) is 6.54 Å². The third-order valence-corrected chi connectivity index (χ3v) is 2.95. The lowest BCUT2D eigenvalue weighted by atomic mass is 9.89. The zero-order valence-electron chi connectivity index (χ0n) is 8.21. The van der Waals surface area contributed by atoms with Crippen molar-refractivity contribution in [1.29, 1.82) is 0 Å². The zero-order chi connectivity index (χ0) is 9.19. The average molecular weight is 171 g/mol. The Bertz CT molecular complexity index is 145. The van der Waals surface area contributed by atoms with Crippen LogP contribution < -0.4 is 5.73 Å². The van der Waals surface area contributed by atoms with Crippen molar-refractivity contribution in [3.8, 4) is 0 Å². The van der Waals surface area contributed by atoms with E-state index >= 15 is 0 Å². The summed E-state index contributed by atoms with van der Waals surface area (Å²) in [6, 6.07) is 0. The zero-order valence-corrected chi connectivity index (χ0v) is 8.21. The number of nitrogens with two attached hydrogens (primary N) is 1. The Hall–Kier alpha value is -0.0800. The lowest BCUT2D eigenvalue weighted by molar-refractivity contribution is 0.147. The molecule has 0 spiro atoms. The number of rotatable bonds is 3. The molecule has 1 aliphatic carbocycles. The molecular formula is C10H21NO. The van der Waals surface area contributed by atoms with Crippen LogP contribution in [0.25, 0.3) is 0 Å². The highest BCUT2D eigenvalue weighted by Gasteiger charge is 2.31. The van der Waals surface area contributed by atoms with Gasteiger partial charge in [-0.1, -0.05) is 13.8 Å². The van der Waals surface area contributed by atoms with Crippen LogP contribution in [0.2, 0.25) is 0 Å². The molecular weight excluding hydrogens is 150 g/mol. The maximum Gasteiger partial charge on any atom is 0.0665 e. The summed E-state index contributed by atoms with van der Waals surface area (Å²) in [5.41, 5.74) is 5.87. The Balaban J connectivity index is 2.28. The van der Waals surface area contributed by atoms with Crippen LogP contribution in [0.15, 0.2) is 0 Å². The Kier molecular flexibility index (Phi) is 3.13. The monoisotopic (exact) mass is 171 g/mol. The van der Waals surface area contributed by atoms with Gasteiger partial charge in [0.2, 0.25) is 0 Å². The van der Waals surface area contributed by atoms with E-state index in [0.29, 0.717) is 17.9 Å². The van der Waals surface area contributed by atoms with Gasteiger partial charge >= 0.3 is 0 Å². The molecule has 2 unspecified atom stereocenters. The van der Waals surface area contributed by atoms with Crippen molar-refractivity contribution in [2.45, 2.75) is 45.6 Å². The van der Waals surface area contributed by atoms with Gasteiger partial charge in [0.05, 0.1) is 6.10 Å². The van der Waals surface area contributed by atoms with Crippen LogP contribution in [-0.2, 0) is 0 Å². The van der Waals surface area contributed by atoms with Crippen LogP contribution in [0.1, 0.15) is 39.5 Å². The molecule has 0 heterocycles. The van der Waals surface area contributed by atoms with Gasteiger partial charge in [-0.2, -0.15) is 0 Å². The highest BCUT2D eigenvalue weighted by Crippen LogP contribution is 2.42. The maximum absolute atomic E-state index is 9.36. The first-order valence-corrected chi connectivity index (χ1v) is 4.91. The van der Waals surface area contributed by atoms with Crippen LogP contribution in [0.4, 0.5) is 0 Å². The lowest BCUT2D eigenvalue weighted by Gasteiger charge is -2.18. The van der Waals surface area contributed by atoms with Crippen molar-refractivity contribution < 1.29 is 5.11 Å². The van der Waals surface area contributed by atoms with Gasteiger partial charge in [-0.15, -0.1) is 0 Å². The minimum Gasteiger partial charge on any atom is -0.392 e. The fourth-order valence-electron chi connectivity index (χ4n) is 2.26. The summed E-state index contributed by atoms with van der Waals surface area (Å²) in [5.74, 6) is 0.707. The van der Waals surface area contributed by atoms with E-state index in [1.165, 1.54) is 19.3 Å². The van der Waals surface area contributed by atoms with Crippen LogP contribution in [-0.4, -0.2) is 17.8 Å². The van der Waals surface area contributed by atoms with Gasteiger partial charge in [-0.3, -0.25) is 0 Å². The Morgan fingerprint density at radius 2 is 2.25 bits per heavy atom. The molecule has 0 aromatic heterocycles. The molecule has 0 bridgehead atoms. The molecule has 1 saturated carbocycles. The molecule has 3 N–H and O–H groups in total. The van der Waals surface area contributed by atoms with E-state index in [-0.39, 0.29) is 6.10 Å². The first-order chi connectivity index (χ1) is 5.53. The molecule has 0 aliphatic heterocycles. The Morgan fingerprint density at radius 1 is 1.58 bits per heavy atom. The van der Waals surface area contributed by atoms with Gasteiger partial charge in [0.1, 0.15) is 0 Å². The molecule has 0 aromatic rings. The number of hydrogen-bond acceptors (Lipinski definition) is 2. The summed E-state index contributed by atoms with van der Waals surface area (Å²) in [4.78, 5) is 0. The Labute approximate surface area is 75.2 Å². The minimum atomic E-state index is -0.274. The van der Waals surface area contributed by atoms with Crippen LogP contribution in [0.5, 0.6) is 0 Å². The third-order valence-electron chi connectivity index (χ3n) is 2.95. The molecule has 2 atom stereocenters. The van der Waals surface area contributed by atoms with E-state index in [2.05, 4.69) is 13.8 Å². The van der Waals surface area contributed by atoms with E-state index < -0.39 is 0 Å². The first kappa shape index (κ1) is 10.0. The van der Waals surface area contributed by atoms with Gasteiger partial charge in [0.15, 0.2) is 0 Å². The second kappa shape index (κ2) is 3.75. The SMILES string of the molecule is CC1(C)CCC(CC(O)CN)C1. The van der Waals surface area contributed by atoms with E-state index in [0.717, 1.165) is 6.42 Å². The van der Waals surface area contributed by atoms with Gasteiger partial charge in [-0.05, 0) is 37.0 Å². The Morgan fingerprint density at radius 3 is 2.67 bits per heavy atom. The van der Waals surface area contributed by atoms with Gasteiger partial charge < -0.3 is 10.8 Å². The van der Waals surface area contributed by atoms with Crippen LogP contribution in [0.3, 0.4) is 0 Å². The number of aliphatic hydroxyl groups excluding tert-OH is 1. The summed E-state index contributed by atoms with van der Waals surface area (Å²) in [7, 11) is 0. The molecule has 0 aromatic carbocycles. The second-order valence-corrected chi connectivity index (χ2v) is 4.90. The molecule has 0 saturated heterocycles. The van der Waals surface area contributed by atoms with E-state index in [4.69, 9.17) is 5.73 Å². The summed E-state index contributed by atoms with van der Waals surface area (Å²) < 4.78 is 0. The van der Waals surface area contributed by atoms with E-state index in [9.17, 15) is 5.11 Å². The lowest BCUT2D eigenvalue weighted by Crippen LogP contribution is -2.22. The molecule has 1 rings (SSSR count). The second-order valence-electron chi connectivity index (χ2n) is 4.90. The van der Waals surface area contributed by atoms with E-state index in [1.54, 1.807) is 0 Å². The predicted molar refractivity (Wildman–Crippen MR) is 50.8 cm³/mol. The molecule has 0 radical (unpaired) electrons. The first-order valence-electron chi connectivity index (χ1n) is 4.91. The van der Waals surface area contributed by atoms with E-state index in [1.807, 2.05) is 0 Å². The van der Waals surface area contributed by atoms with Gasteiger partial charge in [-0.25, -0.2) is 0 Å². The van der Waals surface area contributed by atoms with Crippen molar-refractivity contribution in [2.75, 3.05) is 6.54 Å². The van der Waals surface area contributed by atoms with Crippen molar-refractivity contribution in [3.05, 3.63) is 0 Å². The highest BCUT2D eigenvalue weighted by molar-refractivity contribution is 4.83. The maximum atomic E-state index is 9.36. The average Bonchev–Trinajstić information content (AvgIpc) is 2.30.